The predicted octanol–water partition coefficient (Wildman–Crippen LogP) is 3.93. The van der Waals surface area contributed by atoms with E-state index in [-0.39, 0.29) is 29.7 Å². The van der Waals surface area contributed by atoms with E-state index in [1.807, 2.05) is 18.7 Å². The monoisotopic (exact) mass is 441 g/mol. The van der Waals surface area contributed by atoms with Gasteiger partial charge in [-0.2, -0.15) is 5.10 Å². The zero-order valence-electron chi connectivity index (χ0n) is 18.9. The smallest absolute Gasteiger partial charge is 0.317 e. The molecule has 1 aromatic heterocycles. The Bertz CT molecular complexity index is 942. The largest absolute Gasteiger partial charge is 0.335 e. The number of benzene rings is 1. The van der Waals surface area contributed by atoms with Gasteiger partial charge in [-0.3, -0.25) is 4.79 Å². The molecule has 32 heavy (non-hydrogen) atoms. The van der Waals surface area contributed by atoms with Gasteiger partial charge in [0.05, 0.1) is 23.1 Å². The average molecular weight is 442 g/mol. The van der Waals surface area contributed by atoms with Crippen LogP contribution >= 0.6 is 0 Å². The standard InChI is InChI=1S/C24H32FN5O2/c1-17(2)22-21(16-26-30(22)20-10-8-18(25)9-11-20)23(31)28-12-14-29(15-13-28)24(32)27-19-6-4-3-5-7-19/h8-11,16-17,19H,3-7,12-15H2,1-2H3,(H,27,32). The van der Waals surface area contributed by atoms with E-state index >= 15 is 0 Å². The highest BCUT2D eigenvalue weighted by Gasteiger charge is 2.29. The van der Waals surface area contributed by atoms with Crippen molar-refractivity contribution in [3.63, 3.8) is 0 Å². The fraction of sp³-hybridized carbons (Fsp3) is 0.542. The van der Waals surface area contributed by atoms with Crippen molar-refractivity contribution in [1.82, 2.24) is 24.9 Å². The Labute approximate surface area is 188 Å². The zero-order chi connectivity index (χ0) is 22.7. The Morgan fingerprint density at radius 1 is 1.00 bits per heavy atom. The summed E-state index contributed by atoms with van der Waals surface area (Å²) < 4.78 is 15.0. The maximum absolute atomic E-state index is 13.3. The third-order valence-electron chi connectivity index (χ3n) is 6.44. The average Bonchev–Trinajstić information content (AvgIpc) is 3.25. The van der Waals surface area contributed by atoms with Crippen LogP contribution in [0, 0.1) is 5.82 Å². The molecule has 1 N–H and O–H groups in total. The van der Waals surface area contributed by atoms with Crippen LogP contribution in [-0.2, 0) is 0 Å². The van der Waals surface area contributed by atoms with Crippen molar-refractivity contribution in [2.45, 2.75) is 57.9 Å². The Morgan fingerprint density at radius 2 is 1.62 bits per heavy atom. The fourth-order valence-corrected chi connectivity index (χ4v) is 4.66. The van der Waals surface area contributed by atoms with Crippen LogP contribution in [0.5, 0.6) is 0 Å². The summed E-state index contributed by atoms with van der Waals surface area (Å²) in [6.07, 6.45) is 7.32. The van der Waals surface area contributed by atoms with Crippen LogP contribution in [0.2, 0.25) is 0 Å². The van der Waals surface area contributed by atoms with Crippen LogP contribution in [-0.4, -0.2) is 63.7 Å². The summed E-state index contributed by atoms with van der Waals surface area (Å²) in [5.41, 5.74) is 2.09. The van der Waals surface area contributed by atoms with Gasteiger partial charge in [0.25, 0.3) is 5.91 Å². The quantitative estimate of drug-likeness (QED) is 0.781. The topological polar surface area (TPSA) is 70.5 Å². The molecule has 1 saturated heterocycles. The van der Waals surface area contributed by atoms with Crippen LogP contribution in [0.25, 0.3) is 5.69 Å². The Morgan fingerprint density at radius 3 is 2.25 bits per heavy atom. The van der Waals surface area contributed by atoms with Crippen molar-refractivity contribution in [2.75, 3.05) is 26.2 Å². The Balaban J connectivity index is 1.42. The molecule has 0 bridgehead atoms. The third kappa shape index (κ3) is 4.79. The van der Waals surface area contributed by atoms with Gasteiger partial charge in [0.15, 0.2) is 0 Å². The molecule has 1 aliphatic heterocycles. The highest BCUT2D eigenvalue weighted by molar-refractivity contribution is 5.95. The predicted molar refractivity (Wildman–Crippen MR) is 120 cm³/mol. The van der Waals surface area contributed by atoms with Gasteiger partial charge in [-0.15, -0.1) is 0 Å². The van der Waals surface area contributed by atoms with Crippen LogP contribution in [0.4, 0.5) is 9.18 Å². The first-order chi connectivity index (χ1) is 15.4. The molecular formula is C24H32FN5O2. The van der Waals surface area contributed by atoms with E-state index in [0.29, 0.717) is 31.7 Å². The van der Waals surface area contributed by atoms with Crippen LogP contribution in [0.3, 0.4) is 0 Å². The summed E-state index contributed by atoms with van der Waals surface area (Å²) in [6, 6.07) is 6.36. The molecule has 0 radical (unpaired) electrons. The highest BCUT2D eigenvalue weighted by atomic mass is 19.1. The number of nitrogens with zero attached hydrogens (tertiary/aromatic N) is 4. The number of hydrogen-bond donors (Lipinski definition) is 1. The number of carbonyl (C=O) groups is 2. The van der Waals surface area contributed by atoms with Gasteiger partial charge in [0.2, 0.25) is 0 Å². The van der Waals surface area contributed by atoms with Crippen LogP contribution < -0.4 is 5.32 Å². The van der Waals surface area contributed by atoms with E-state index in [2.05, 4.69) is 10.4 Å². The summed E-state index contributed by atoms with van der Waals surface area (Å²) in [5.74, 6) is -0.327. The lowest BCUT2D eigenvalue weighted by Crippen LogP contribution is -2.54. The Kier molecular flexibility index (Phi) is 6.77. The highest BCUT2D eigenvalue weighted by Crippen LogP contribution is 2.25. The van der Waals surface area contributed by atoms with Gasteiger partial charge >= 0.3 is 6.03 Å². The van der Waals surface area contributed by atoms with E-state index in [0.717, 1.165) is 24.2 Å². The van der Waals surface area contributed by atoms with Crippen molar-refractivity contribution in [2.24, 2.45) is 0 Å². The molecule has 0 spiro atoms. The molecule has 172 valence electrons. The van der Waals surface area contributed by atoms with Crippen molar-refractivity contribution in [1.29, 1.82) is 0 Å². The van der Waals surface area contributed by atoms with E-state index in [1.165, 1.54) is 31.4 Å². The lowest BCUT2D eigenvalue weighted by atomic mass is 9.96. The number of halogens is 1. The number of urea groups is 1. The lowest BCUT2D eigenvalue weighted by Gasteiger charge is -2.36. The normalized spacial score (nSPS) is 17.6. The van der Waals surface area contributed by atoms with Crippen molar-refractivity contribution < 1.29 is 14.0 Å². The molecule has 3 amide bonds. The maximum Gasteiger partial charge on any atom is 0.317 e. The number of piperazine rings is 1. The molecule has 2 aromatic rings. The van der Waals surface area contributed by atoms with E-state index in [4.69, 9.17) is 0 Å². The minimum absolute atomic E-state index is 0.0176. The molecule has 8 heteroatoms. The second-order valence-corrected chi connectivity index (χ2v) is 9.05. The first kappa shape index (κ1) is 22.3. The summed E-state index contributed by atoms with van der Waals surface area (Å²) >= 11 is 0. The van der Waals surface area contributed by atoms with Crippen molar-refractivity contribution >= 4 is 11.9 Å². The van der Waals surface area contributed by atoms with E-state index in [9.17, 15) is 14.0 Å². The molecular weight excluding hydrogens is 409 g/mol. The number of amides is 3. The van der Waals surface area contributed by atoms with Gasteiger partial charge < -0.3 is 15.1 Å². The molecule has 4 rings (SSSR count). The Hall–Kier alpha value is -2.90. The third-order valence-corrected chi connectivity index (χ3v) is 6.44. The summed E-state index contributed by atoms with van der Waals surface area (Å²) in [5, 5.41) is 7.59. The molecule has 0 unspecified atom stereocenters. The minimum atomic E-state index is -0.311. The lowest BCUT2D eigenvalue weighted by molar-refractivity contribution is 0.0661. The van der Waals surface area contributed by atoms with Gasteiger partial charge in [-0.1, -0.05) is 33.1 Å². The molecule has 2 aliphatic rings. The zero-order valence-corrected chi connectivity index (χ0v) is 18.9. The maximum atomic E-state index is 13.3. The van der Waals surface area contributed by atoms with E-state index < -0.39 is 0 Å². The summed E-state index contributed by atoms with van der Waals surface area (Å²) in [4.78, 5) is 29.5. The second kappa shape index (κ2) is 9.71. The van der Waals surface area contributed by atoms with Gasteiger partial charge in [0, 0.05) is 32.2 Å². The van der Waals surface area contributed by atoms with Crippen LogP contribution in [0.1, 0.15) is 67.9 Å². The summed E-state index contributed by atoms with van der Waals surface area (Å²) in [7, 11) is 0. The molecule has 7 nitrogen and oxygen atoms in total. The minimum Gasteiger partial charge on any atom is -0.335 e. The van der Waals surface area contributed by atoms with Crippen molar-refractivity contribution in [3.8, 4) is 5.69 Å². The second-order valence-electron chi connectivity index (χ2n) is 9.05. The molecule has 1 aromatic carbocycles. The number of hydrogen-bond acceptors (Lipinski definition) is 3. The first-order valence-electron chi connectivity index (χ1n) is 11.6. The number of aromatic nitrogens is 2. The summed E-state index contributed by atoms with van der Waals surface area (Å²) in [6.45, 7) is 6.07. The molecule has 2 heterocycles. The molecule has 0 atom stereocenters. The van der Waals surface area contributed by atoms with Gasteiger partial charge in [-0.25, -0.2) is 13.9 Å². The van der Waals surface area contributed by atoms with Crippen molar-refractivity contribution in [3.05, 3.63) is 47.5 Å². The fourth-order valence-electron chi connectivity index (χ4n) is 4.66. The number of rotatable bonds is 4. The van der Waals surface area contributed by atoms with E-state index in [1.54, 1.807) is 27.9 Å². The molecule has 1 aliphatic carbocycles. The molecule has 1 saturated carbocycles. The van der Waals surface area contributed by atoms with Gasteiger partial charge in [0.1, 0.15) is 5.82 Å². The number of nitrogens with one attached hydrogen (secondary N) is 1. The first-order valence-corrected chi connectivity index (χ1v) is 11.6. The van der Waals surface area contributed by atoms with Gasteiger partial charge in [-0.05, 0) is 43.0 Å². The molecule has 2 fully saturated rings. The number of carbonyl (C=O) groups excluding carboxylic acids is 2. The van der Waals surface area contributed by atoms with Crippen LogP contribution in [0.15, 0.2) is 30.5 Å². The SMILES string of the molecule is CC(C)c1c(C(=O)N2CCN(C(=O)NC3CCCCC3)CC2)cnn1-c1ccc(F)cc1.